The van der Waals surface area contributed by atoms with E-state index in [-0.39, 0.29) is 10.9 Å². The lowest BCUT2D eigenvalue weighted by Crippen LogP contribution is -2.05. The standard InChI is InChI=1S/C15H16ClN2O4/c1-8-5-10(14(22-4)15(16)17-8)13(19)9-6-11(20-2)18-12(7-9)21-3/h5-7,13H,1-4H3. The SMILES string of the molecule is COc1cc(C([O])c2cc(C)nc(Cl)c2OC)cc(OC)n1. The van der Waals surface area contributed by atoms with E-state index in [1.807, 2.05) is 0 Å². The summed E-state index contributed by atoms with van der Waals surface area (Å²) in [6, 6.07) is 4.77. The Kier molecular flexibility index (Phi) is 5.05. The van der Waals surface area contributed by atoms with Crippen molar-refractivity contribution in [2.75, 3.05) is 21.3 Å². The fourth-order valence-electron chi connectivity index (χ4n) is 2.08. The molecule has 2 heterocycles. The first-order valence-corrected chi connectivity index (χ1v) is 6.84. The Hall–Kier alpha value is -2.05. The van der Waals surface area contributed by atoms with Crippen LogP contribution in [0.3, 0.4) is 0 Å². The summed E-state index contributed by atoms with van der Waals surface area (Å²) >= 11 is 6.05. The fraction of sp³-hybridized carbons (Fsp3) is 0.333. The molecular formula is C15H16ClN2O4. The summed E-state index contributed by atoms with van der Waals surface area (Å²) in [5, 5.41) is 13.0. The van der Waals surface area contributed by atoms with Gasteiger partial charge in [0.15, 0.2) is 10.9 Å². The fourth-order valence-corrected chi connectivity index (χ4v) is 2.40. The average Bonchev–Trinajstić information content (AvgIpc) is 2.52. The molecule has 0 amide bonds. The van der Waals surface area contributed by atoms with E-state index in [2.05, 4.69) is 9.97 Å². The molecule has 0 bridgehead atoms. The molecule has 1 unspecified atom stereocenters. The summed E-state index contributed by atoms with van der Waals surface area (Å²) in [4.78, 5) is 8.16. The molecule has 0 aromatic carbocycles. The molecule has 7 heteroatoms. The van der Waals surface area contributed by atoms with Crippen molar-refractivity contribution in [3.63, 3.8) is 0 Å². The van der Waals surface area contributed by atoms with Gasteiger partial charge in [-0.3, -0.25) is 0 Å². The number of aromatic nitrogens is 2. The molecule has 117 valence electrons. The molecule has 2 rings (SSSR count). The van der Waals surface area contributed by atoms with Crippen molar-refractivity contribution in [2.24, 2.45) is 0 Å². The van der Waals surface area contributed by atoms with Gasteiger partial charge >= 0.3 is 0 Å². The Morgan fingerprint density at radius 2 is 1.59 bits per heavy atom. The van der Waals surface area contributed by atoms with Crippen molar-refractivity contribution in [1.29, 1.82) is 0 Å². The van der Waals surface area contributed by atoms with Crippen LogP contribution in [-0.2, 0) is 5.11 Å². The maximum absolute atomic E-state index is 12.8. The van der Waals surface area contributed by atoms with E-state index in [0.717, 1.165) is 0 Å². The summed E-state index contributed by atoms with van der Waals surface area (Å²) in [5.74, 6) is 0.860. The molecule has 0 saturated carbocycles. The second-order valence-electron chi connectivity index (χ2n) is 4.54. The van der Waals surface area contributed by atoms with E-state index in [0.29, 0.717) is 28.6 Å². The highest BCUT2D eigenvalue weighted by Gasteiger charge is 2.22. The molecule has 0 fully saturated rings. The van der Waals surface area contributed by atoms with Gasteiger partial charge in [0, 0.05) is 23.4 Å². The Bertz CT molecular complexity index is 657. The topological polar surface area (TPSA) is 73.4 Å². The number of rotatable bonds is 5. The van der Waals surface area contributed by atoms with Crippen molar-refractivity contribution in [2.45, 2.75) is 13.0 Å². The van der Waals surface area contributed by atoms with Crippen LogP contribution < -0.4 is 14.2 Å². The van der Waals surface area contributed by atoms with Gasteiger partial charge in [0.1, 0.15) is 6.10 Å². The number of methoxy groups -OCH3 is 3. The third-order valence-electron chi connectivity index (χ3n) is 3.10. The highest BCUT2D eigenvalue weighted by Crippen LogP contribution is 2.36. The number of hydrogen-bond acceptors (Lipinski definition) is 5. The third kappa shape index (κ3) is 3.23. The minimum absolute atomic E-state index is 0.159. The number of pyridine rings is 2. The van der Waals surface area contributed by atoms with Crippen molar-refractivity contribution in [3.8, 4) is 17.5 Å². The van der Waals surface area contributed by atoms with E-state index in [4.69, 9.17) is 25.8 Å². The number of ether oxygens (including phenoxy) is 3. The maximum atomic E-state index is 12.8. The quantitative estimate of drug-likeness (QED) is 0.791. The monoisotopic (exact) mass is 323 g/mol. The Balaban J connectivity index is 2.54. The van der Waals surface area contributed by atoms with Gasteiger partial charge < -0.3 is 14.2 Å². The van der Waals surface area contributed by atoms with Gasteiger partial charge in [0.25, 0.3) is 0 Å². The summed E-state index contributed by atoms with van der Waals surface area (Å²) < 4.78 is 15.4. The number of hydrogen-bond donors (Lipinski definition) is 0. The second kappa shape index (κ2) is 6.81. The highest BCUT2D eigenvalue weighted by atomic mass is 35.5. The predicted octanol–water partition coefficient (Wildman–Crippen LogP) is 2.98. The van der Waals surface area contributed by atoms with E-state index in [1.54, 1.807) is 25.1 Å². The largest absolute Gasteiger partial charge is 0.493 e. The molecular weight excluding hydrogens is 308 g/mol. The lowest BCUT2D eigenvalue weighted by atomic mass is 10.0. The molecule has 6 nitrogen and oxygen atoms in total. The molecule has 0 N–H and O–H groups in total. The van der Waals surface area contributed by atoms with E-state index >= 15 is 0 Å². The Labute approximate surface area is 133 Å². The van der Waals surface area contributed by atoms with E-state index < -0.39 is 6.10 Å². The van der Waals surface area contributed by atoms with E-state index in [9.17, 15) is 5.11 Å². The zero-order valence-electron chi connectivity index (χ0n) is 12.7. The zero-order valence-corrected chi connectivity index (χ0v) is 13.5. The van der Waals surface area contributed by atoms with Crippen LogP contribution in [0, 0.1) is 6.92 Å². The number of aryl methyl sites for hydroxylation is 1. The third-order valence-corrected chi connectivity index (χ3v) is 3.35. The van der Waals surface area contributed by atoms with Crippen LogP contribution in [0.1, 0.15) is 22.9 Å². The molecule has 0 spiro atoms. The molecule has 1 radical (unpaired) electrons. The normalized spacial score (nSPS) is 11.9. The van der Waals surface area contributed by atoms with Crippen LogP contribution in [0.4, 0.5) is 0 Å². The zero-order chi connectivity index (χ0) is 16.3. The van der Waals surface area contributed by atoms with Crippen LogP contribution in [0.2, 0.25) is 5.15 Å². The van der Waals surface area contributed by atoms with Crippen LogP contribution >= 0.6 is 11.6 Å². The molecule has 22 heavy (non-hydrogen) atoms. The molecule has 0 aliphatic rings. The lowest BCUT2D eigenvalue weighted by Gasteiger charge is -2.16. The van der Waals surface area contributed by atoms with Crippen molar-refractivity contribution >= 4 is 11.6 Å². The molecule has 0 aliphatic heterocycles. The number of nitrogens with zero attached hydrogens (tertiary/aromatic N) is 2. The van der Waals surface area contributed by atoms with Gasteiger partial charge in [0.2, 0.25) is 11.8 Å². The summed E-state index contributed by atoms with van der Waals surface area (Å²) in [6.07, 6.45) is -1.24. The smallest absolute Gasteiger partial charge is 0.216 e. The van der Waals surface area contributed by atoms with Gasteiger partial charge in [-0.2, -0.15) is 4.98 Å². The van der Waals surface area contributed by atoms with Crippen molar-refractivity contribution in [1.82, 2.24) is 9.97 Å². The second-order valence-corrected chi connectivity index (χ2v) is 4.90. The van der Waals surface area contributed by atoms with E-state index in [1.165, 1.54) is 21.3 Å². The molecule has 1 atom stereocenters. The first kappa shape index (κ1) is 16.3. The van der Waals surface area contributed by atoms with Gasteiger partial charge in [-0.1, -0.05) is 11.6 Å². The van der Waals surface area contributed by atoms with Crippen LogP contribution in [0.25, 0.3) is 0 Å². The molecule has 2 aromatic rings. The first-order chi connectivity index (χ1) is 10.5. The summed E-state index contributed by atoms with van der Waals surface area (Å²) in [7, 11) is 4.39. The Morgan fingerprint density at radius 3 is 2.09 bits per heavy atom. The first-order valence-electron chi connectivity index (χ1n) is 6.47. The van der Waals surface area contributed by atoms with Gasteiger partial charge in [-0.25, -0.2) is 10.1 Å². The van der Waals surface area contributed by atoms with Gasteiger partial charge in [-0.15, -0.1) is 0 Å². The van der Waals surface area contributed by atoms with Gasteiger partial charge in [0.05, 0.1) is 21.3 Å². The van der Waals surface area contributed by atoms with Crippen LogP contribution in [0.5, 0.6) is 17.5 Å². The molecule has 2 aromatic heterocycles. The molecule has 0 aliphatic carbocycles. The van der Waals surface area contributed by atoms with Crippen LogP contribution in [0.15, 0.2) is 18.2 Å². The van der Waals surface area contributed by atoms with Crippen molar-refractivity contribution in [3.05, 3.63) is 40.2 Å². The highest BCUT2D eigenvalue weighted by molar-refractivity contribution is 6.31. The lowest BCUT2D eigenvalue weighted by molar-refractivity contribution is 0.121. The summed E-state index contributed by atoms with van der Waals surface area (Å²) in [6.45, 7) is 1.76. The number of halogens is 1. The molecule has 0 saturated heterocycles. The predicted molar refractivity (Wildman–Crippen MR) is 80.4 cm³/mol. The summed E-state index contributed by atoms with van der Waals surface area (Å²) in [5.41, 5.74) is 1.47. The van der Waals surface area contributed by atoms with Crippen molar-refractivity contribution < 1.29 is 19.3 Å². The minimum atomic E-state index is -1.24. The Morgan fingerprint density at radius 1 is 1.00 bits per heavy atom. The van der Waals surface area contributed by atoms with Gasteiger partial charge in [-0.05, 0) is 18.6 Å². The maximum Gasteiger partial charge on any atom is 0.216 e. The average molecular weight is 324 g/mol. The minimum Gasteiger partial charge on any atom is -0.493 e. The van der Waals surface area contributed by atoms with Crippen LogP contribution in [-0.4, -0.2) is 31.3 Å².